The lowest BCUT2D eigenvalue weighted by Crippen LogP contribution is -2.11. The quantitative estimate of drug-likeness (QED) is 0.927. The Morgan fingerprint density at radius 3 is 2.81 bits per heavy atom. The monoisotopic (exact) mass is 297 g/mol. The normalized spacial score (nSPS) is 10.1. The zero-order valence-electron chi connectivity index (χ0n) is 8.40. The number of aryl methyl sites for hydroxylation is 1. The number of amides is 1. The summed E-state index contributed by atoms with van der Waals surface area (Å²) in [7, 11) is 0. The van der Waals surface area contributed by atoms with Crippen molar-refractivity contribution in [3.63, 3.8) is 0 Å². The largest absolute Gasteiger partial charge is 0.320 e. The van der Waals surface area contributed by atoms with Gasteiger partial charge in [0.05, 0.1) is 11.4 Å². The number of para-hydroxylation sites is 1. The Bertz CT molecular complexity index is 526. The van der Waals surface area contributed by atoms with Crippen molar-refractivity contribution in [3.05, 3.63) is 39.3 Å². The highest BCUT2D eigenvalue weighted by atomic mass is 79.9. The van der Waals surface area contributed by atoms with Crippen molar-refractivity contribution >= 4 is 39.1 Å². The highest BCUT2D eigenvalue weighted by molar-refractivity contribution is 9.10. The molecule has 1 aromatic heterocycles. The first-order valence-corrected chi connectivity index (χ1v) is 6.10. The van der Waals surface area contributed by atoms with Gasteiger partial charge in [-0.15, -0.1) is 5.10 Å². The van der Waals surface area contributed by atoms with Gasteiger partial charge in [-0.25, -0.2) is 0 Å². The molecule has 0 aliphatic carbocycles. The highest BCUT2D eigenvalue weighted by Gasteiger charge is 2.13. The summed E-state index contributed by atoms with van der Waals surface area (Å²) < 4.78 is 4.57. The second kappa shape index (κ2) is 4.71. The number of hydrogen-bond donors (Lipinski definition) is 1. The molecule has 1 heterocycles. The minimum atomic E-state index is -0.181. The Kier molecular flexibility index (Phi) is 3.31. The van der Waals surface area contributed by atoms with Gasteiger partial charge in [-0.3, -0.25) is 4.79 Å². The van der Waals surface area contributed by atoms with Crippen molar-refractivity contribution in [2.24, 2.45) is 0 Å². The number of aromatic nitrogens is 2. The van der Waals surface area contributed by atoms with Crippen LogP contribution in [0.25, 0.3) is 0 Å². The molecule has 82 valence electrons. The summed E-state index contributed by atoms with van der Waals surface area (Å²) in [5.74, 6) is -0.181. The molecule has 0 saturated heterocycles. The Morgan fingerprint density at radius 1 is 1.44 bits per heavy atom. The van der Waals surface area contributed by atoms with Gasteiger partial charge < -0.3 is 5.32 Å². The minimum absolute atomic E-state index is 0.181. The van der Waals surface area contributed by atoms with Crippen LogP contribution in [-0.2, 0) is 0 Å². The average Bonchev–Trinajstić information content (AvgIpc) is 2.68. The van der Waals surface area contributed by atoms with Crippen molar-refractivity contribution in [2.45, 2.75) is 6.92 Å². The summed E-state index contributed by atoms with van der Waals surface area (Å²) in [6, 6.07) is 7.44. The number of benzene rings is 1. The van der Waals surface area contributed by atoms with E-state index < -0.39 is 0 Å². The van der Waals surface area contributed by atoms with Crippen LogP contribution in [0, 0.1) is 6.92 Å². The predicted molar refractivity (Wildman–Crippen MR) is 66.7 cm³/mol. The van der Waals surface area contributed by atoms with E-state index >= 15 is 0 Å². The minimum Gasteiger partial charge on any atom is -0.320 e. The summed E-state index contributed by atoms with van der Waals surface area (Å²) in [5.41, 5.74) is 1.38. The fraction of sp³-hybridized carbons (Fsp3) is 0.100. The van der Waals surface area contributed by atoms with E-state index in [9.17, 15) is 4.79 Å². The van der Waals surface area contributed by atoms with Gasteiger partial charge in [-0.05, 0) is 46.5 Å². The van der Waals surface area contributed by atoms with Gasteiger partial charge >= 0.3 is 0 Å². The lowest BCUT2D eigenvalue weighted by molar-refractivity contribution is 0.103. The number of carbonyl (C=O) groups is 1. The molecule has 0 fully saturated rings. The fourth-order valence-corrected chi connectivity index (χ4v) is 2.12. The van der Waals surface area contributed by atoms with Crippen molar-refractivity contribution < 1.29 is 4.79 Å². The third-order valence-corrected chi connectivity index (χ3v) is 3.50. The van der Waals surface area contributed by atoms with Crippen molar-refractivity contribution in [1.82, 2.24) is 9.59 Å². The molecule has 1 amide bonds. The number of carbonyl (C=O) groups excluding carboxylic acids is 1. The number of halogens is 1. The summed E-state index contributed by atoms with van der Waals surface area (Å²) in [5, 5.41) is 6.60. The molecule has 0 aliphatic rings. The van der Waals surface area contributed by atoms with E-state index in [1.807, 2.05) is 24.3 Å². The molecule has 0 atom stereocenters. The summed E-state index contributed by atoms with van der Waals surface area (Å²) >= 11 is 4.46. The van der Waals surface area contributed by atoms with Gasteiger partial charge in [-0.1, -0.05) is 16.6 Å². The number of nitrogens with one attached hydrogen (secondary N) is 1. The molecule has 0 bridgehead atoms. The number of hydrogen-bond acceptors (Lipinski definition) is 4. The van der Waals surface area contributed by atoms with Gasteiger partial charge in [0.15, 0.2) is 0 Å². The molecule has 2 aromatic rings. The van der Waals surface area contributed by atoms with E-state index in [4.69, 9.17) is 0 Å². The highest BCUT2D eigenvalue weighted by Crippen LogP contribution is 2.22. The molecule has 1 aromatic carbocycles. The lowest BCUT2D eigenvalue weighted by atomic mass is 10.3. The van der Waals surface area contributed by atoms with Crippen LogP contribution >= 0.6 is 27.5 Å². The summed E-state index contributed by atoms with van der Waals surface area (Å²) in [6.45, 7) is 1.76. The molecular weight excluding hydrogens is 290 g/mol. The molecule has 1 N–H and O–H groups in total. The standard InChI is InChI=1S/C10H8BrN3OS/c1-6-9(16-14-13-6)10(15)12-8-5-3-2-4-7(8)11/h2-5H,1H3,(H,12,15). The molecule has 4 nitrogen and oxygen atoms in total. The van der Waals surface area contributed by atoms with Gasteiger partial charge in [-0.2, -0.15) is 0 Å². The van der Waals surface area contributed by atoms with E-state index in [2.05, 4.69) is 30.8 Å². The molecule has 0 radical (unpaired) electrons. The van der Waals surface area contributed by atoms with Crippen molar-refractivity contribution in [1.29, 1.82) is 0 Å². The average molecular weight is 298 g/mol. The van der Waals surface area contributed by atoms with Crippen LogP contribution < -0.4 is 5.32 Å². The molecule has 0 aliphatic heterocycles. The van der Waals surface area contributed by atoms with E-state index in [1.54, 1.807) is 6.92 Å². The second-order valence-corrected chi connectivity index (χ2v) is 4.73. The van der Waals surface area contributed by atoms with E-state index in [0.29, 0.717) is 10.6 Å². The zero-order valence-corrected chi connectivity index (χ0v) is 10.8. The Hall–Kier alpha value is -1.27. The van der Waals surface area contributed by atoms with Crippen molar-refractivity contribution in [3.8, 4) is 0 Å². The third-order valence-electron chi connectivity index (χ3n) is 1.98. The molecule has 0 unspecified atom stereocenters. The van der Waals surface area contributed by atoms with Gasteiger partial charge in [0, 0.05) is 4.47 Å². The maximum atomic E-state index is 11.8. The van der Waals surface area contributed by atoms with Gasteiger partial charge in [0.1, 0.15) is 4.88 Å². The summed E-state index contributed by atoms with van der Waals surface area (Å²) in [6.07, 6.45) is 0. The fourth-order valence-electron chi connectivity index (χ4n) is 1.18. The maximum Gasteiger partial charge on any atom is 0.269 e. The second-order valence-electron chi connectivity index (χ2n) is 3.12. The van der Waals surface area contributed by atoms with Gasteiger partial charge in [0.2, 0.25) is 0 Å². The van der Waals surface area contributed by atoms with Crippen molar-refractivity contribution in [2.75, 3.05) is 5.32 Å². The van der Waals surface area contributed by atoms with Crippen LogP contribution in [0.15, 0.2) is 28.7 Å². The molecule has 16 heavy (non-hydrogen) atoms. The Balaban J connectivity index is 2.21. The van der Waals surface area contributed by atoms with Crippen LogP contribution in [0.3, 0.4) is 0 Å². The van der Waals surface area contributed by atoms with Crippen LogP contribution in [0.5, 0.6) is 0 Å². The first kappa shape index (κ1) is 11.2. The van der Waals surface area contributed by atoms with Crippen LogP contribution in [0.2, 0.25) is 0 Å². The van der Waals surface area contributed by atoms with E-state index in [0.717, 1.165) is 21.7 Å². The number of nitrogens with zero attached hydrogens (tertiary/aromatic N) is 2. The van der Waals surface area contributed by atoms with E-state index in [-0.39, 0.29) is 5.91 Å². The zero-order chi connectivity index (χ0) is 11.5. The smallest absolute Gasteiger partial charge is 0.269 e. The Morgan fingerprint density at radius 2 is 2.19 bits per heavy atom. The third kappa shape index (κ3) is 2.28. The van der Waals surface area contributed by atoms with Crippen LogP contribution in [0.4, 0.5) is 5.69 Å². The molecular formula is C10H8BrN3OS. The lowest BCUT2D eigenvalue weighted by Gasteiger charge is -2.05. The SMILES string of the molecule is Cc1nnsc1C(=O)Nc1ccccc1Br. The number of rotatable bonds is 2. The molecule has 6 heteroatoms. The van der Waals surface area contributed by atoms with Crippen LogP contribution in [0.1, 0.15) is 15.4 Å². The molecule has 0 saturated carbocycles. The van der Waals surface area contributed by atoms with E-state index in [1.165, 1.54) is 0 Å². The topological polar surface area (TPSA) is 54.9 Å². The maximum absolute atomic E-state index is 11.8. The Labute approximate surface area is 105 Å². The molecule has 2 rings (SSSR count). The first-order chi connectivity index (χ1) is 7.68. The summed E-state index contributed by atoms with van der Waals surface area (Å²) in [4.78, 5) is 12.4. The predicted octanol–water partition coefficient (Wildman–Crippen LogP) is 2.86. The van der Waals surface area contributed by atoms with Gasteiger partial charge in [0.25, 0.3) is 5.91 Å². The number of anilines is 1. The molecule has 0 spiro atoms. The van der Waals surface area contributed by atoms with Crippen LogP contribution in [-0.4, -0.2) is 15.5 Å². The first-order valence-electron chi connectivity index (χ1n) is 4.53.